The average Bonchev–Trinajstić information content (AvgIpc) is 2.79. The number of carbonyl (C=O) groups excluding carboxylic acids is 1. The minimum atomic E-state index is -0.851. The number of carbonyl (C=O) groups is 2. The van der Waals surface area contributed by atoms with Crippen LogP contribution in [0.3, 0.4) is 0 Å². The monoisotopic (exact) mass is 286 g/mol. The molecule has 0 aromatic heterocycles. The van der Waals surface area contributed by atoms with E-state index in [2.05, 4.69) is 0 Å². The van der Waals surface area contributed by atoms with E-state index in [-0.39, 0.29) is 30.9 Å². The van der Waals surface area contributed by atoms with E-state index in [1.807, 2.05) is 6.92 Å². The van der Waals surface area contributed by atoms with Gasteiger partial charge in [-0.15, -0.1) is 0 Å². The molecule has 20 heavy (non-hydrogen) atoms. The van der Waals surface area contributed by atoms with E-state index in [0.29, 0.717) is 26.1 Å². The highest BCUT2D eigenvalue weighted by Gasteiger charge is 2.41. The van der Waals surface area contributed by atoms with Crippen molar-refractivity contribution in [2.24, 2.45) is 5.92 Å². The van der Waals surface area contributed by atoms with Gasteiger partial charge in [-0.2, -0.15) is 0 Å². The molecule has 2 fully saturated rings. The van der Waals surface area contributed by atoms with Crippen molar-refractivity contribution in [1.29, 1.82) is 0 Å². The predicted octanol–water partition coefficient (Wildman–Crippen LogP) is -0.0170. The van der Waals surface area contributed by atoms with Gasteiger partial charge in [0.25, 0.3) is 0 Å². The van der Waals surface area contributed by atoms with Gasteiger partial charge in [0.05, 0.1) is 31.3 Å². The van der Waals surface area contributed by atoms with Gasteiger partial charge < -0.3 is 24.7 Å². The number of hydrogen-bond acceptors (Lipinski definition) is 4. The van der Waals surface area contributed by atoms with Crippen LogP contribution < -0.4 is 0 Å². The SMILES string of the molecule is CC1CN(C(=O)N2CCC(C(=O)O)C2C)CC(CO)O1. The minimum Gasteiger partial charge on any atom is -0.481 e. The third-order valence-electron chi connectivity index (χ3n) is 4.12. The minimum absolute atomic E-state index is 0.124. The van der Waals surface area contributed by atoms with Crippen LogP contribution in [0.1, 0.15) is 20.3 Å². The Balaban J connectivity index is 2.02. The van der Waals surface area contributed by atoms with E-state index in [9.17, 15) is 14.7 Å². The van der Waals surface area contributed by atoms with Crippen LogP contribution in [-0.4, -0.2) is 76.5 Å². The van der Waals surface area contributed by atoms with Gasteiger partial charge in [0, 0.05) is 19.1 Å². The van der Waals surface area contributed by atoms with Crippen molar-refractivity contribution >= 4 is 12.0 Å². The molecule has 0 saturated carbocycles. The highest BCUT2D eigenvalue weighted by atomic mass is 16.5. The van der Waals surface area contributed by atoms with Crippen LogP contribution in [0.4, 0.5) is 4.79 Å². The zero-order valence-electron chi connectivity index (χ0n) is 11.9. The molecule has 114 valence electrons. The molecule has 7 heteroatoms. The van der Waals surface area contributed by atoms with E-state index in [1.54, 1.807) is 16.7 Å². The molecule has 2 heterocycles. The van der Waals surface area contributed by atoms with Crippen LogP contribution in [0.15, 0.2) is 0 Å². The van der Waals surface area contributed by atoms with Gasteiger partial charge in [-0.05, 0) is 20.3 Å². The molecular formula is C13H22N2O5. The number of nitrogens with zero attached hydrogens (tertiary/aromatic N) is 2. The average molecular weight is 286 g/mol. The first-order valence-electron chi connectivity index (χ1n) is 6.98. The highest BCUT2D eigenvalue weighted by Crippen LogP contribution is 2.26. The number of amides is 2. The quantitative estimate of drug-likeness (QED) is 0.744. The number of aliphatic hydroxyl groups is 1. The fourth-order valence-electron chi connectivity index (χ4n) is 3.02. The van der Waals surface area contributed by atoms with Crippen molar-refractivity contribution in [2.45, 2.75) is 38.5 Å². The summed E-state index contributed by atoms with van der Waals surface area (Å²) in [5, 5.41) is 18.3. The summed E-state index contributed by atoms with van der Waals surface area (Å²) in [6, 6.07) is -0.458. The van der Waals surface area contributed by atoms with Crippen LogP contribution in [0, 0.1) is 5.92 Å². The zero-order valence-corrected chi connectivity index (χ0v) is 11.9. The normalized spacial score (nSPS) is 34.4. The smallest absolute Gasteiger partial charge is 0.320 e. The lowest BCUT2D eigenvalue weighted by Gasteiger charge is -2.39. The Labute approximate surface area is 118 Å². The number of ether oxygens (including phenoxy) is 1. The highest BCUT2D eigenvalue weighted by molar-refractivity contribution is 5.78. The first kappa shape index (κ1) is 15.1. The summed E-state index contributed by atoms with van der Waals surface area (Å²) in [5.74, 6) is -1.34. The lowest BCUT2D eigenvalue weighted by Crippen LogP contribution is -2.55. The van der Waals surface area contributed by atoms with Crippen LogP contribution in [0.2, 0.25) is 0 Å². The zero-order chi connectivity index (χ0) is 14.9. The Morgan fingerprint density at radius 1 is 1.30 bits per heavy atom. The molecule has 2 amide bonds. The van der Waals surface area contributed by atoms with E-state index in [1.165, 1.54) is 0 Å². The number of morpholine rings is 1. The summed E-state index contributed by atoms with van der Waals surface area (Å²) >= 11 is 0. The standard InChI is InChI=1S/C13H22N2O5/c1-8-5-14(6-10(7-16)20-8)13(19)15-4-3-11(9(15)2)12(17)18/h8-11,16H,3-7H2,1-2H3,(H,17,18). The molecule has 2 saturated heterocycles. The summed E-state index contributed by atoms with van der Waals surface area (Å²) in [6.45, 7) is 4.79. The Bertz CT molecular complexity index is 389. The molecule has 0 aromatic carbocycles. The number of hydrogen-bond donors (Lipinski definition) is 2. The predicted molar refractivity (Wildman–Crippen MR) is 70.3 cm³/mol. The van der Waals surface area contributed by atoms with Crippen LogP contribution in [0.5, 0.6) is 0 Å². The van der Waals surface area contributed by atoms with E-state index in [4.69, 9.17) is 9.84 Å². The molecule has 2 N–H and O–H groups in total. The fraction of sp³-hybridized carbons (Fsp3) is 0.846. The number of rotatable bonds is 2. The maximum Gasteiger partial charge on any atom is 0.320 e. The van der Waals surface area contributed by atoms with Gasteiger partial charge in [-0.3, -0.25) is 4.79 Å². The largest absolute Gasteiger partial charge is 0.481 e. The van der Waals surface area contributed by atoms with Gasteiger partial charge in [-0.1, -0.05) is 0 Å². The van der Waals surface area contributed by atoms with Gasteiger partial charge in [0.1, 0.15) is 0 Å². The Hall–Kier alpha value is -1.34. The number of carboxylic acid groups (broad SMARTS) is 1. The molecule has 0 aromatic rings. The third-order valence-corrected chi connectivity index (χ3v) is 4.12. The van der Waals surface area contributed by atoms with Crippen LogP contribution in [0.25, 0.3) is 0 Å². The first-order valence-corrected chi connectivity index (χ1v) is 6.98. The molecular weight excluding hydrogens is 264 g/mol. The van der Waals surface area contributed by atoms with Gasteiger partial charge in [0.2, 0.25) is 0 Å². The topological polar surface area (TPSA) is 90.3 Å². The molecule has 4 atom stereocenters. The number of carboxylic acids is 1. The molecule has 2 aliphatic rings. The van der Waals surface area contributed by atoms with Crippen LogP contribution >= 0.6 is 0 Å². The lowest BCUT2D eigenvalue weighted by atomic mass is 10.0. The molecule has 0 bridgehead atoms. The van der Waals surface area contributed by atoms with Crippen molar-refractivity contribution in [3.05, 3.63) is 0 Å². The van der Waals surface area contributed by atoms with Gasteiger partial charge in [0.15, 0.2) is 0 Å². The molecule has 2 rings (SSSR count). The summed E-state index contributed by atoms with van der Waals surface area (Å²) in [5.41, 5.74) is 0. The second-order valence-electron chi connectivity index (χ2n) is 5.61. The summed E-state index contributed by atoms with van der Waals surface area (Å²) in [7, 11) is 0. The Morgan fingerprint density at radius 3 is 2.55 bits per heavy atom. The van der Waals surface area contributed by atoms with Gasteiger partial charge in [-0.25, -0.2) is 4.79 Å². The van der Waals surface area contributed by atoms with Crippen molar-refractivity contribution < 1.29 is 24.5 Å². The number of aliphatic hydroxyl groups excluding tert-OH is 1. The van der Waals surface area contributed by atoms with Crippen LogP contribution in [-0.2, 0) is 9.53 Å². The maximum atomic E-state index is 12.5. The summed E-state index contributed by atoms with van der Waals surface area (Å²) in [4.78, 5) is 26.9. The Morgan fingerprint density at radius 2 is 2.00 bits per heavy atom. The first-order chi connectivity index (χ1) is 9.43. The molecule has 4 unspecified atom stereocenters. The summed E-state index contributed by atoms with van der Waals surface area (Å²) in [6.07, 6.45) is -0.000121. The third kappa shape index (κ3) is 2.88. The summed E-state index contributed by atoms with van der Waals surface area (Å²) < 4.78 is 5.51. The van der Waals surface area contributed by atoms with Crippen molar-refractivity contribution in [3.63, 3.8) is 0 Å². The fourth-order valence-corrected chi connectivity index (χ4v) is 3.02. The molecule has 2 aliphatic heterocycles. The number of aliphatic carboxylic acids is 1. The van der Waals surface area contributed by atoms with E-state index >= 15 is 0 Å². The molecule has 0 radical (unpaired) electrons. The molecule has 0 spiro atoms. The molecule has 7 nitrogen and oxygen atoms in total. The second kappa shape index (κ2) is 5.97. The van der Waals surface area contributed by atoms with Crippen molar-refractivity contribution in [3.8, 4) is 0 Å². The second-order valence-corrected chi connectivity index (χ2v) is 5.61. The Kier molecular flexibility index (Phi) is 4.49. The van der Waals surface area contributed by atoms with Crippen molar-refractivity contribution in [2.75, 3.05) is 26.2 Å². The number of likely N-dealkylation sites (tertiary alicyclic amines) is 1. The van der Waals surface area contributed by atoms with Gasteiger partial charge >= 0.3 is 12.0 Å². The van der Waals surface area contributed by atoms with Crippen molar-refractivity contribution in [1.82, 2.24) is 9.80 Å². The van der Waals surface area contributed by atoms with E-state index in [0.717, 1.165) is 0 Å². The lowest BCUT2D eigenvalue weighted by molar-refractivity contribution is -0.142. The molecule has 0 aliphatic carbocycles. The maximum absolute atomic E-state index is 12.5. The van der Waals surface area contributed by atoms with E-state index < -0.39 is 11.9 Å². The number of urea groups is 1.